The average Bonchev–Trinajstić information content (AvgIpc) is 2.79. The van der Waals surface area contributed by atoms with Crippen molar-refractivity contribution in [3.05, 3.63) is 0 Å². The number of nitrogens with zero attached hydrogens (tertiary/aromatic N) is 2. The second kappa shape index (κ2) is 6.85. The highest BCUT2D eigenvalue weighted by Gasteiger charge is 2.27. The molecule has 18 heavy (non-hydrogen) atoms. The normalized spacial score (nSPS) is 34.3. The first-order valence-electron chi connectivity index (χ1n) is 7.46. The summed E-state index contributed by atoms with van der Waals surface area (Å²) in [5.41, 5.74) is 6.17. The van der Waals surface area contributed by atoms with E-state index in [0.717, 1.165) is 32.2 Å². The number of hydrogen-bond donors (Lipinski definition) is 1. The van der Waals surface area contributed by atoms with Gasteiger partial charge in [-0.3, -0.25) is 4.90 Å². The molecular formula is C14H29N3O. The highest BCUT2D eigenvalue weighted by atomic mass is 16.5. The van der Waals surface area contributed by atoms with Crippen molar-refractivity contribution in [1.29, 1.82) is 0 Å². The molecule has 0 aromatic carbocycles. The molecule has 0 aromatic heterocycles. The van der Waals surface area contributed by atoms with Gasteiger partial charge in [-0.15, -0.1) is 0 Å². The van der Waals surface area contributed by atoms with Crippen molar-refractivity contribution in [2.24, 2.45) is 11.7 Å². The summed E-state index contributed by atoms with van der Waals surface area (Å²) >= 11 is 0. The van der Waals surface area contributed by atoms with Crippen LogP contribution in [0.1, 0.15) is 26.2 Å². The lowest BCUT2D eigenvalue weighted by molar-refractivity contribution is 0.0268. The Morgan fingerprint density at radius 3 is 2.89 bits per heavy atom. The van der Waals surface area contributed by atoms with Gasteiger partial charge in [0.1, 0.15) is 0 Å². The van der Waals surface area contributed by atoms with Crippen LogP contribution in [0.2, 0.25) is 0 Å². The van der Waals surface area contributed by atoms with E-state index in [1.807, 2.05) is 0 Å². The van der Waals surface area contributed by atoms with Gasteiger partial charge in [0.05, 0.1) is 6.61 Å². The Kier molecular flexibility index (Phi) is 5.42. The maximum absolute atomic E-state index is 6.17. The molecule has 0 amide bonds. The summed E-state index contributed by atoms with van der Waals surface area (Å²) < 4.78 is 5.55. The highest BCUT2D eigenvalue weighted by Crippen LogP contribution is 2.19. The van der Waals surface area contributed by atoms with Crippen LogP contribution in [0.25, 0.3) is 0 Å². The second-order valence-corrected chi connectivity index (χ2v) is 5.93. The Hall–Kier alpha value is -0.160. The number of nitrogens with two attached hydrogens (primary N) is 1. The first kappa shape index (κ1) is 14.3. The highest BCUT2D eigenvalue weighted by molar-refractivity contribution is 4.83. The zero-order valence-corrected chi connectivity index (χ0v) is 12.0. The predicted molar refractivity (Wildman–Crippen MR) is 74.7 cm³/mol. The number of hydrogen-bond acceptors (Lipinski definition) is 4. The Morgan fingerprint density at radius 1 is 1.33 bits per heavy atom. The first-order valence-corrected chi connectivity index (χ1v) is 7.46. The maximum Gasteiger partial charge on any atom is 0.0521 e. The third-order valence-corrected chi connectivity index (χ3v) is 4.51. The Morgan fingerprint density at radius 2 is 2.17 bits per heavy atom. The standard InChI is InChI=1S/C14H29N3O/c1-3-17-7-4-5-13(17)10-16(2)9-12-11-18-8-6-14(12)15/h12-14H,3-11,15H2,1-2H3. The largest absolute Gasteiger partial charge is 0.381 e. The van der Waals surface area contributed by atoms with Gasteiger partial charge in [-0.1, -0.05) is 6.92 Å². The minimum absolute atomic E-state index is 0.326. The van der Waals surface area contributed by atoms with Crippen LogP contribution < -0.4 is 5.73 Å². The van der Waals surface area contributed by atoms with Crippen LogP contribution in [0.3, 0.4) is 0 Å². The van der Waals surface area contributed by atoms with E-state index in [9.17, 15) is 0 Å². The van der Waals surface area contributed by atoms with E-state index < -0.39 is 0 Å². The van der Waals surface area contributed by atoms with Crippen molar-refractivity contribution < 1.29 is 4.74 Å². The smallest absolute Gasteiger partial charge is 0.0521 e. The fourth-order valence-corrected chi connectivity index (χ4v) is 3.35. The van der Waals surface area contributed by atoms with Crippen LogP contribution in [-0.4, -0.2) is 68.3 Å². The molecule has 2 aliphatic heterocycles. The van der Waals surface area contributed by atoms with Gasteiger partial charge in [-0.2, -0.15) is 0 Å². The van der Waals surface area contributed by atoms with Crippen molar-refractivity contribution >= 4 is 0 Å². The van der Waals surface area contributed by atoms with Gasteiger partial charge in [0.2, 0.25) is 0 Å². The van der Waals surface area contributed by atoms with Crippen LogP contribution in [0.4, 0.5) is 0 Å². The minimum atomic E-state index is 0.326. The fraction of sp³-hybridized carbons (Fsp3) is 1.00. The lowest BCUT2D eigenvalue weighted by atomic mass is 9.96. The second-order valence-electron chi connectivity index (χ2n) is 5.93. The molecule has 2 rings (SSSR count). The molecule has 0 aliphatic carbocycles. The van der Waals surface area contributed by atoms with Crippen LogP contribution in [0.5, 0.6) is 0 Å². The van der Waals surface area contributed by atoms with Gasteiger partial charge in [-0.25, -0.2) is 0 Å². The molecule has 3 atom stereocenters. The molecular weight excluding hydrogens is 226 g/mol. The molecule has 0 radical (unpaired) electrons. The fourth-order valence-electron chi connectivity index (χ4n) is 3.35. The Bertz CT molecular complexity index is 245. The van der Waals surface area contributed by atoms with Gasteiger partial charge in [0.25, 0.3) is 0 Å². The van der Waals surface area contributed by atoms with E-state index in [-0.39, 0.29) is 0 Å². The molecule has 0 bridgehead atoms. The summed E-state index contributed by atoms with van der Waals surface area (Å²) in [6.07, 6.45) is 3.73. The van der Waals surface area contributed by atoms with Crippen molar-refractivity contribution in [3.63, 3.8) is 0 Å². The number of likely N-dealkylation sites (N-methyl/N-ethyl adjacent to an activating group) is 2. The SMILES string of the molecule is CCN1CCCC1CN(C)CC1COCCC1N. The Labute approximate surface area is 111 Å². The van der Waals surface area contributed by atoms with E-state index in [1.165, 1.54) is 32.5 Å². The zero-order valence-electron chi connectivity index (χ0n) is 12.0. The third-order valence-electron chi connectivity index (χ3n) is 4.51. The van der Waals surface area contributed by atoms with Gasteiger partial charge >= 0.3 is 0 Å². The molecule has 2 N–H and O–H groups in total. The quantitative estimate of drug-likeness (QED) is 0.788. The van der Waals surface area contributed by atoms with E-state index in [2.05, 4.69) is 23.8 Å². The molecule has 0 spiro atoms. The van der Waals surface area contributed by atoms with Crippen LogP contribution in [0, 0.1) is 5.92 Å². The number of ether oxygens (including phenoxy) is 1. The predicted octanol–water partition coefficient (Wildman–Crippen LogP) is 0.766. The Balaban J connectivity index is 1.75. The average molecular weight is 255 g/mol. The van der Waals surface area contributed by atoms with Crippen LogP contribution >= 0.6 is 0 Å². The molecule has 4 heteroatoms. The summed E-state index contributed by atoms with van der Waals surface area (Å²) in [4.78, 5) is 5.06. The van der Waals surface area contributed by atoms with E-state index >= 15 is 0 Å². The van der Waals surface area contributed by atoms with Crippen molar-refractivity contribution in [2.45, 2.75) is 38.3 Å². The van der Waals surface area contributed by atoms with Crippen molar-refractivity contribution in [2.75, 3.05) is 46.4 Å². The number of likely N-dealkylation sites (tertiary alicyclic amines) is 1. The van der Waals surface area contributed by atoms with Gasteiger partial charge in [0.15, 0.2) is 0 Å². The maximum atomic E-state index is 6.17. The van der Waals surface area contributed by atoms with E-state index in [0.29, 0.717) is 12.0 Å². The molecule has 2 saturated heterocycles. The lowest BCUT2D eigenvalue weighted by Gasteiger charge is -2.34. The zero-order chi connectivity index (χ0) is 13.0. The molecule has 2 aliphatic rings. The lowest BCUT2D eigenvalue weighted by Crippen LogP contribution is -2.47. The third kappa shape index (κ3) is 3.67. The molecule has 4 nitrogen and oxygen atoms in total. The van der Waals surface area contributed by atoms with Crippen LogP contribution in [0.15, 0.2) is 0 Å². The minimum Gasteiger partial charge on any atom is -0.381 e. The van der Waals surface area contributed by atoms with E-state index in [4.69, 9.17) is 10.5 Å². The van der Waals surface area contributed by atoms with Crippen molar-refractivity contribution in [1.82, 2.24) is 9.80 Å². The van der Waals surface area contributed by atoms with Crippen molar-refractivity contribution in [3.8, 4) is 0 Å². The molecule has 0 saturated carbocycles. The number of rotatable bonds is 5. The van der Waals surface area contributed by atoms with Crippen LogP contribution in [-0.2, 0) is 4.74 Å². The van der Waals surface area contributed by atoms with Gasteiger partial charge in [-0.05, 0) is 39.4 Å². The van der Waals surface area contributed by atoms with E-state index in [1.54, 1.807) is 0 Å². The first-order chi connectivity index (χ1) is 8.70. The summed E-state index contributed by atoms with van der Waals surface area (Å²) in [6.45, 7) is 8.67. The topological polar surface area (TPSA) is 41.7 Å². The monoisotopic (exact) mass is 255 g/mol. The molecule has 0 aromatic rings. The molecule has 106 valence electrons. The summed E-state index contributed by atoms with van der Waals surface area (Å²) in [7, 11) is 2.23. The van der Waals surface area contributed by atoms with Gasteiger partial charge < -0.3 is 15.4 Å². The summed E-state index contributed by atoms with van der Waals surface area (Å²) in [6, 6.07) is 1.08. The molecule has 2 heterocycles. The summed E-state index contributed by atoms with van der Waals surface area (Å²) in [5, 5.41) is 0. The molecule has 2 fully saturated rings. The summed E-state index contributed by atoms with van der Waals surface area (Å²) in [5.74, 6) is 0.514. The van der Waals surface area contributed by atoms with Gasteiger partial charge in [0, 0.05) is 37.7 Å². The molecule has 3 unspecified atom stereocenters.